The summed E-state index contributed by atoms with van der Waals surface area (Å²) in [4.78, 5) is 4.23. The van der Waals surface area contributed by atoms with Gasteiger partial charge in [0.25, 0.3) is 0 Å². The summed E-state index contributed by atoms with van der Waals surface area (Å²) >= 11 is 3.40. The summed E-state index contributed by atoms with van der Waals surface area (Å²) in [7, 11) is 1.60. The van der Waals surface area contributed by atoms with Gasteiger partial charge in [0.15, 0.2) is 0 Å². The molecule has 9 heteroatoms. The van der Waals surface area contributed by atoms with E-state index >= 15 is 0 Å². The zero-order valence-corrected chi connectivity index (χ0v) is 16.2. The Morgan fingerprint density at radius 3 is 2.68 bits per heavy atom. The minimum Gasteiger partial charge on any atom is -0.497 e. The zero-order valence-electron chi connectivity index (χ0n) is 14.6. The van der Waals surface area contributed by atoms with Crippen LogP contribution in [-0.2, 0) is 0 Å². The molecule has 0 radical (unpaired) electrons. The van der Waals surface area contributed by atoms with E-state index in [9.17, 15) is 8.78 Å². The largest absolute Gasteiger partial charge is 0.497 e. The molecule has 1 aliphatic heterocycles. The lowest BCUT2D eigenvalue weighted by molar-refractivity contribution is -0.0506. The second kappa shape index (κ2) is 7.59. The van der Waals surface area contributed by atoms with E-state index in [4.69, 9.17) is 9.47 Å². The Bertz CT molecular complexity index is 1020. The van der Waals surface area contributed by atoms with Gasteiger partial charge in [-0.2, -0.15) is 18.9 Å². The van der Waals surface area contributed by atoms with E-state index < -0.39 is 12.7 Å². The molecule has 28 heavy (non-hydrogen) atoms. The van der Waals surface area contributed by atoms with E-state index in [1.54, 1.807) is 23.9 Å². The number of anilines is 1. The van der Waals surface area contributed by atoms with Crippen molar-refractivity contribution in [3.8, 4) is 11.5 Å². The smallest absolute Gasteiger partial charge is 0.387 e. The Kier molecular flexibility index (Phi) is 4.99. The van der Waals surface area contributed by atoms with Crippen molar-refractivity contribution in [3.63, 3.8) is 0 Å². The van der Waals surface area contributed by atoms with Crippen molar-refractivity contribution in [1.29, 1.82) is 0 Å². The number of nitrogens with zero attached hydrogens (tertiary/aromatic N) is 3. The minimum atomic E-state index is -2.93. The third-order valence-corrected chi connectivity index (χ3v) is 4.81. The molecule has 0 fully saturated rings. The molecule has 1 aromatic heterocycles. The van der Waals surface area contributed by atoms with Crippen LogP contribution in [0.4, 0.5) is 14.7 Å². The van der Waals surface area contributed by atoms with Crippen molar-refractivity contribution in [3.05, 3.63) is 70.5 Å². The molecule has 4 rings (SSSR count). The van der Waals surface area contributed by atoms with Gasteiger partial charge in [0, 0.05) is 15.7 Å². The van der Waals surface area contributed by atoms with Crippen LogP contribution >= 0.6 is 15.9 Å². The molecule has 0 aliphatic carbocycles. The average molecular weight is 449 g/mol. The van der Waals surface area contributed by atoms with Gasteiger partial charge in [0.1, 0.15) is 23.9 Å². The predicted octanol–water partition coefficient (Wildman–Crippen LogP) is 4.71. The number of hydrogen-bond donors (Lipinski definition) is 1. The Morgan fingerprint density at radius 2 is 1.96 bits per heavy atom. The molecular formula is C19H15BrF2N4O2. The second-order valence-corrected chi connectivity index (χ2v) is 6.88. The van der Waals surface area contributed by atoms with Gasteiger partial charge in [-0.05, 0) is 54.1 Å². The number of ether oxygens (including phenoxy) is 2. The van der Waals surface area contributed by atoms with E-state index in [0.29, 0.717) is 11.5 Å². The first kappa shape index (κ1) is 18.4. The lowest BCUT2D eigenvalue weighted by atomic mass is 10.0. The van der Waals surface area contributed by atoms with Gasteiger partial charge in [-0.1, -0.05) is 15.9 Å². The fourth-order valence-corrected chi connectivity index (χ4v) is 3.43. The van der Waals surface area contributed by atoms with Gasteiger partial charge in [-0.25, -0.2) is 4.68 Å². The standard InChI is InChI=1S/C19H15BrF2N4O2/c1-27-13-5-2-11(3-6-13)15-9-16(26-19(25-15)23-10-24-26)14-8-12(20)4-7-17(14)28-18(21)22/h2-10,16,18H,1H3,(H,23,24,25)/t16-/m1/s1. The first-order valence-electron chi connectivity index (χ1n) is 8.32. The number of fused-ring (bicyclic) bond motifs is 1. The summed E-state index contributed by atoms with van der Waals surface area (Å²) in [6.45, 7) is -2.93. The lowest BCUT2D eigenvalue weighted by Gasteiger charge is -2.26. The van der Waals surface area contributed by atoms with Crippen LogP contribution < -0.4 is 14.8 Å². The number of methoxy groups -OCH3 is 1. The molecule has 0 saturated heterocycles. The van der Waals surface area contributed by atoms with Crippen LogP contribution in [0.25, 0.3) is 5.70 Å². The van der Waals surface area contributed by atoms with Gasteiger partial charge >= 0.3 is 6.61 Å². The maximum absolute atomic E-state index is 12.9. The summed E-state index contributed by atoms with van der Waals surface area (Å²) in [6, 6.07) is 11.9. The molecule has 0 spiro atoms. The van der Waals surface area contributed by atoms with Crippen LogP contribution in [0.2, 0.25) is 0 Å². The predicted molar refractivity (Wildman–Crippen MR) is 104 cm³/mol. The third-order valence-electron chi connectivity index (χ3n) is 4.32. The lowest BCUT2D eigenvalue weighted by Crippen LogP contribution is -2.21. The number of halogens is 3. The zero-order chi connectivity index (χ0) is 19.7. The Balaban J connectivity index is 1.81. The Hall–Kier alpha value is -2.94. The van der Waals surface area contributed by atoms with Gasteiger partial charge in [-0.15, -0.1) is 0 Å². The van der Waals surface area contributed by atoms with E-state index in [1.807, 2.05) is 30.3 Å². The minimum absolute atomic E-state index is 0.0804. The van der Waals surface area contributed by atoms with Gasteiger partial charge in [0.2, 0.25) is 5.95 Å². The van der Waals surface area contributed by atoms with Gasteiger partial charge < -0.3 is 14.8 Å². The van der Waals surface area contributed by atoms with Crippen molar-refractivity contribution in [1.82, 2.24) is 14.8 Å². The van der Waals surface area contributed by atoms with Crippen LogP contribution in [0.1, 0.15) is 17.2 Å². The molecule has 3 aromatic rings. The molecule has 1 atom stereocenters. The molecule has 144 valence electrons. The molecule has 0 saturated carbocycles. The van der Waals surface area contributed by atoms with Crippen LogP contribution in [0, 0.1) is 0 Å². The Labute approximate surface area is 167 Å². The topological polar surface area (TPSA) is 61.2 Å². The molecule has 1 N–H and O–H groups in total. The van der Waals surface area contributed by atoms with Crippen molar-refractivity contribution >= 4 is 27.6 Å². The highest BCUT2D eigenvalue weighted by molar-refractivity contribution is 9.10. The SMILES string of the molecule is COc1ccc(C2=C[C@H](c3cc(Br)ccc3OC(F)F)n3ncnc3N2)cc1. The monoisotopic (exact) mass is 448 g/mol. The summed E-state index contributed by atoms with van der Waals surface area (Å²) in [5.74, 6) is 1.32. The van der Waals surface area contributed by atoms with Crippen LogP contribution in [0.3, 0.4) is 0 Å². The van der Waals surface area contributed by atoms with Gasteiger partial charge in [-0.3, -0.25) is 0 Å². The molecule has 6 nitrogen and oxygen atoms in total. The van der Waals surface area contributed by atoms with Crippen molar-refractivity contribution in [2.45, 2.75) is 12.7 Å². The van der Waals surface area contributed by atoms with Crippen molar-refractivity contribution < 1.29 is 18.3 Å². The normalized spacial score (nSPS) is 15.6. The van der Waals surface area contributed by atoms with E-state index in [-0.39, 0.29) is 5.75 Å². The number of rotatable bonds is 5. The van der Waals surface area contributed by atoms with E-state index in [0.717, 1.165) is 21.5 Å². The fourth-order valence-electron chi connectivity index (χ4n) is 3.05. The molecule has 1 aliphatic rings. The number of benzene rings is 2. The summed E-state index contributed by atoms with van der Waals surface area (Å²) in [6.07, 6.45) is 3.30. The first-order chi connectivity index (χ1) is 13.5. The second-order valence-electron chi connectivity index (χ2n) is 5.97. The highest BCUT2D eigenvalue weighted by Crippen LogP contribution is 2.38. The van der Waals surface area contributed by atoms with Crippen LogP contribution in [-0.4, -0.2) is 28.5 Å². The molecule has 0 amide bonds. The molecule has 0 unspecified atom stereocenters. The van der Waals surface area contributed by atoms with Crippen molar-refractivity contribution in [2.75, 3.05) is 12.4 Å². The molecule has 0 bridgehead atoms. The van der Waals surface area contributed by atoms with Crippen molar-refractivity contribution in [2.24, 2.45) is 0 Å². The van der Waals surface area contributed by atoms with Crippen LogP contribution in [0.15, 0.2) is 59.3 Å². The highest BCUT2D eigenvalue weighted by atomic mass is 79.9. The first-order valence-corrected chi connectivity index (χ1v) is 9.11. The molecule has 2 aromatic carbocycles. The quantitative estimate of drug-likeness (QED) is 0.612. The number of aromatic nitrogens is 3. The third kappa shape index (κ3) is 3.57. The van der Waals surface area contributed by atoms with Gasteiger partial charge in [0.05, 0.1) is 7.11 Å². The number of allylic oxidation sites excluding steroid dienone is 1. The maximum atomic E-state index is 12.9. The maximum Gasteiger partial charge on any atom is 0.387 e. The van der Waals surface area contributed by atoms with E-state index in [1.165, 1.54) is 12.4 Å². The highest BCUT2D eigenvalue weighted by Gasteiger charge is 2.27. The number of alkyl halides is 2. The molecule has 2 heterocycles. The number of nitrogens with one attached hydrogen (secondary N) is 1. The summed E-state index contributed by atoms with van der Waals surface area (Å²) in [5.41, 5.74) is 2.21. The van der Waals surface area contributed by atoms with Crippen LogP contribution in [0.5, 0.6) is 11.5 Å². The molecular weight excluding hydrogens is 434 g/mol. The Morgan fingerprint density at radius 1 is 1.18 bits per heavy atom. The summed E-state index contributed by atoms with van der Waals surface area (Å²) in [5, 5.41) is 7.45. The van der Waals surface area contributed by atoms with E-state index in [2.05, 4.69) is 31.3 Å². The number of hydrogen-bond acceptors (Lipinski definition) is 5. The summed E-state index contributed by atoms with van der Waals surface area (Å²) < 4.78 is 38.1. The average Bonchev–Trinajstić information content (AvgIpc) is 3.17. The fraction of sp³-hybridized carbons (Fsp3) is 0.158.